The van der Waals surface area contributed by atoms with Crippen molar-refractivity contribution in [3.8, 4) is 11.1 Å². The van der Waals surface area contributed by atoms with Crippen molar-refractivity contribution in [2.75, 3.05) is 52.7 Å². The van der Waals surface area contributed by atoms with Gasteiger partial charge in [-0.3, -0.25) is 9.80 Å². The number of hydrogen-bond acceptors (Lipinski definition) is 6. The molecule has 3 heterocycles. The molecule has 160 valence electrons. The maximum atomic E-state index is 11.8. The standard InChI is InChI=1S/C22H28N4O3S/c1-29-15-14-25-10-12-26(13-11-25)16-20-21(19-4-3-9-23-22(19)24-20)17-5-7-18(8-6-17)30(2,27)28/h3-9H,10-16H2,1-2H3,(H,23,24). The van der Waals surface area contributed by atoms with Gasteiger partial charge in [-0.1, -0.05) is 12.1 Å². The van der Waals surface area contributed by atoms with Gasteiger partial charge in [0.05, 0.1) is 11.5 Å². The lowest BCUT2D eigenvalue weighted by molar-refractivity contribution is 0.0934. The van der Waals surface area contributed by atoms with Crippen LogP contribution < -0.4 is 0 Å². The summed E-state index contributed by atoms with van der Waals surface area (Å²) in [6, 6.07) is 11.1. The average molecular weight is 429 g/mol. The molecule has 0 bridgehead atoms. The molecule has 0 spiro atoms. The molecule has 1 aliphatic rings. The number of piperazine rings is 1. The number of hydrogen-bond donors (Lipinski definition) is 1. The summed E-state index contributed by atoms with van der Waals surface area (Å²) >= 11 is 0. The SMILES string of the molecule is COCCN1CCN(Cc2[nH]c3ncccc3c2-c2ccc(S(C)(=O)=O)cc2)CC1. The zero-order chi connectivity index (χ0) is 21.1. The summed E-state index contributed by atoms with van der Waals surface area (Å²) < 4.78 is 28.9. The van der Waals surface area contributed by atoms with Gasteiger partial charge in [0.15, 0.2) is 9.84 Å². The van der Waals surface area contributed by atoms with Gasteiger partial charge < -0.3 is 9.72 Å². The fourth-order valence-electron chi connectivity index (χ4n) is 4.01. The fourth-order valence-corrected chi connectivity index (χ4v) is 4.64. The fraction of sp³-hybridized carbons (Fsp3) is 0.409. The lowest BCUT2D eigenvalue weighted by Crippen LogP contribution is -2.46. The topological polar surface area (TPSA) is 78.5 Å². The first-order valence-corrected chi connectivity index (χ1v) is 12.0. The van der Waals surface area contributed by atoms with Crippen LogP contribution in [0.5, 0.6) is 0 Å². The molecule has 0 radical (unpaired) electrons. The van der Waals surface area contributed by atoms with E-state index >= 15 is 0 Å². The van der Waals surface area contributed by atoms with E-state index in [1.807, 2.05) is 18.2 Å². The number of nitrogens with one attached hydrogen (secondary N) is 1. The summed E-state index contributed by atoms with van der Waals surface area (Å²) in [5.41, 5.74) is 4.06. The first-order valence-electron chi connectivity index (χ1n) is 10.2. The number of ether oxygens (including phenoxy) is 1. The molecule has 1 saturated heterocycles. The molecule has 0 unspecified atom stereocenters. The van der Waals surface area contributed by atoms with Crippen LogP contribution in [0.1, 0.15) is 5.69 Å². The highest BCUT2D eigenvalue weighted by Gasteiger charge is 2.21. The monoisotopic (exact) mass is 428 g/mol. The number of nitrogens with zero attached hydrogens (tertiary/aromatic N) is 3. The highest BCUT2D eigenvalue weighted by molar-refractivity contribution is 7.90. The quantitative estimate of drug-likeness (QED) is 0.623. The summed E-state index contributed by atoms with van der Waals surface area (Å²) in [4.78, 5) is 13.2. The number of H-pyrrole nitrogens is 1. The van der Waals surface area contributed by atoms with Gasteiger partial charge in [-0.2, -0.15) is 0 Å². The van der Waals surface area contributed by atoms with Crippen LogP contribution in [0.3, 0.4) is 0 Å². The van der Waals surface area contributed by atoms with Gasteiger partial charge in [-0.25, -0.2) is 13.4 Å². The van der Waals surface area contributed by atoms with E-state index in [0.29, 0.717) is 4.90 Å². The summed E-state index contributed by atoms with van der Waals surface area (Å²) in [7, 11) is -1.48. The number of pyridine rings is 1. The highest BCUT2D eigenvalue weighted by Crippen LogP contribution is 2.33. The highest BCUT2D eigenvalue weighted by atomic mass is 32.2. The minimum Gasteiger partial charge on any atom is -0.383 e. The molecule has 30 heavy (non-hydrogen) atoms. The van der Waals surface area contributed by atoms with Crippen LogP contribution in [0.15, 0.2) is 47.5 Å². The van der Waals surface area contributed by atoms with E-state index in [0.717, 1.165) is 73.7 Å². The van der Waals surface area contributed by atoms with E-state index in [1.54, 1.807) is 25.4 Å². The normalized spacial score (nSPS) is 16.3. The molecule has 1 fully saturated rings. The van der Waals surface area contributed by atoms with Crippen molar-refractivity contribution in [1.29, 1.82) is 0 Å². The van der Waals surface area contributed by atoms with Crippen LogP contribution in [-0.4, -0.2) is 80.9 Å². The van der Waals surface area contributed by atoms with E-state index in [4.69, 9.17) is 4.74 Å². The van der Waals surface area contributed by atoms with Crippen molar-refractivity contribution in [1.82, 2.24) is 19.8 Å². The van der Waals surface area contributed by atoms with Gasteiger partial charge in [0.25, 0.3) is 0 Å². The van der Waals surface area contributed by atoms with Crippen molar-refractivity contribution in [3.05, 3.63) is 48.3 Å². The van der Waals surface area contributed by atoms with Gasteiger partial charge in [-0.15, -0.1) is 0 Å². The smallest absolute Gasteiger partial charge is 0.175 e. The van der Waals surface area contributed by atoms with E-state index in [-0.39, 0.29) is 0 Å². The minimum atomic E-state index is -3.22. The molecule has 8 heteroatoms. The van der Waals surface area contributed by atoms with Crippen molar-refractivity contribution in [2.24, 2.45) is 0 Å². The zero-order valence-corrected chi connectivity index (χ0v) is 18.3. The van der Waals surface area contributed by atoms with Gasteiger partial charge >= 0.3 is 0 Å². The predicted octanol–water partition coefficient (Wildman–Crippen LogP) is 2.40. The first kappa shape index (κ1) is 21.0. The number of methoxy groups -OCH3 is 1. The maximum Gasteiger partial charge on any atom is 0.175 e. The molecule has 0 aliphatic carbocycles. The molecule has 0 atom stereocenters. The number of aromatic amines is 1. The third-order valence-electron chi connectivity index (χ3n) is 5.68. The molecule has 1 N–H and O–H groups in total. The van der Waals surface area contributed by atoms with Gasteiger partial charge in [0, 0.05) is 75.5 Å². The van der Waals surface area contributed by atoms with E-state index < -0.39 is 9.84 Å². The first-order chi connectivity index (χ1) is 14.5. The van der Waals surface area contributed by atoms with Crippen molar-refractivity contribution < 1.29 is 13.2 Å². The molecule has 2 aromatic heterocycles. The Kier molecular flexibility index (Phi) is 6.19. The number of benzene rings is 1. The second kappa shape index (κ2) is 8.85. The van der Waals surface area contributed by atoms with Crippen LogP contribution in [0.4, 0.5) is 0 Å². The van der Waals surface area contributed by atoms with E-state index in [2.05, 4.69) is 25.8 Å². The van der Waals surface area contributed by atoms with Crippen molar-refractivity contribution in [3.63, 3.8) is 0 Å². The summed E-state index contributed by atoms with van der Waals surface area (Å²) in [5, 5.41) is 1.05. The molecular formula is C22H28N4O3S. The van der Waals surface area contributed by atoms with Gasteiger partial charge in [-0.05, 0) is 29.8 Å². The third kappa shape index (κ3) is 4.57. The second-order valence-corrected chi connectivity index (χ2v) is 9.80. The van der Waals surface area contributed by atoms with Crippen LogP contribution in [-0.2, 0) is 21.1 Å². The Labute approximate surface area is 177 Å². The lowest BCUT2D eigenvalue weighted by atomic mass is 10.0. The van der Waals surface area contributed by atoms with Crippen LogP contribution in [0.25, 0.3) is 22.2 Å². The molecule has 7 nitrogen and oxygen atoms in total. The predicted molar refractivity (Wildman–Crippen MR) is 118 cm³/mol. The van der Waals surface area contributed by atoms with Crippen molar-refractivity contribution >= 4 is 20.9 Å². The maximum absolute atomic E-state index is 11.8. The largest absolute Gasteiger partial charge is 0.383 e. The summed E-state index contributed by atoms with van der Waals surface area (Å²) in [5.74, 6) is 0. The Morgan fingerprint density at radius 3 is 2.43 bits per heavy atom. The Bertz CT molecular complexity index is 1100. The zero-order valence-electron chi connectivity index (χ0n) is 17.5. The molecule has 1 aromatic carbocycles. The van der Waals surface area contributed by atoms with Crippen LogP contribution in [0.2, 0.25) is 0 Å². The molecule has 4 rings (SSSR count). The van der Waals surface area contributed by atoms with Crippen LogP contribution >= 0.6 is 0 Å². The minimum absolute atomic E-state index is 0.331. The molecule has 0 amide bonds. The Morgan fingerprint density at radius 2 is 1.77 bits per heavy atom. The Hall–Kier alpha value is -2.26. The molecular weight excluding hydrogens is 400 g/mol. The third-order valence-corrected chi connectivity index (χ3v) is 6.81. The Morgan fingerprint density at radius 1 is 1.07 bits per heavy atom. The average Bonchev–Trinajstić information content (AvgIpc) is 3.10. The van der Waals surface area contributed by atoms with Crippen molar-refractivity contribution in [2.45, 2.75) is 11.4 Å². The second-order valence-electron chi connectivity index (χ2n) is 7.79. The van der Waals surface area contributed by atoms with E-state index in [1.165, 1.54) is 6.26 Å². The van der Waals surface area contributed by atoms with Gasteiger partial charge in [0.2, 0.25) is 0 Å². The number of fused-ring (bicyclic) bond motifs is 1. The number of rotatable bonds is 7. The van der Waals surface area contributed by atoms with Gasteiger partial charge in [0.1, 0.15) is 5.65 Å². The molecule has 1 aliphatic heterocycles. The van der Waals surface area contributed by atoms with Crippen LogP contribution in [0, 0.1) is 0 Å². The number of aromatic nitrogens is 2. The lowest BCUT2D eigenvalue weighted by Gasteiger charge is -2.34. The Balaban J connectivity index is 1.60. The summed E-state index contributed by atoms with van der Waals surface area (Å²) in [6.45, 7) is 6.59. The molecule has 0 saturated carbocycles. The summed E-state index contributed by atoms with van der Waals surface area (Å²) in [6.07, 6.45) is 3.02. The van der Waals surface area contributed by atoms with E-state index in [9.17, 15) is 8.42 Å². The molecule has 3 aromatic rings. The number of sulfone groups is 1.